The van der Waals surface area contributed by atoms with Crippen LogP contribution in [0.15, 0.2) is 39.8 Å². The van der Waals surface area contributed by atoms with Gasteiger partial charge >= 0.3 is 0 Å². The molecule has 7 heteroatoms. The maximum absolute atomic E-state index is 13.0. The first-order chi connectivity index (χ1) is 11.4. The molecule has 1 aromatic heterocycles. The van der Waals surface area contributed by atoms with Crippen molar-refractivity contribution in [2.45, 2.75) is 44.0 Å². The molecule has 3 rings (SSSR count). The van der Waals surface area contributed by atoms with Gasteiger partial charge in [0.15, 0.2) is 11.5 Å². The summed E-state index contributed by atoms with van der Waals surface area (Å²) < 4.78 is 32.4. The Morgan fingerprint density at radius 3 is 2.62 bits per heavy atom. The number of rotatable bonds is 5. The summed E-state index contributed by atoms with van der Waals surface area (Å²) in [4.78, 5) is 12.6. The Bertz CT molecular complexity index is 823. The molecule has 1 fully saturated rings. The highest BCUT2D eigenvalue weighted by atomic mass is 32.2. The number of nitrogens with zero attached hydrogens (tertiary/aromatic N) is 2. The Morgan fingerprint density at radius 1 is 1.29 bits per heavy atom. The minimum Gasteiger partial charge on any atom is -0.360 e. The molecular weight excluding hydrogens is 328 g/mol. The summed E-state index contributed by atoms with van der Waals surface area (Å²) in [5.41, 5.74) is 0.964. The van der Waals surface area contributed by atoms with Crippen LogP contribution < -0.4 is 0 Å². The highest BCUT2D eigenvalue weighted by Gasteiger charge is 2.39. The predicted molar refractivity (Wildman–Crippen MR) is 88.3 cm³/mol. The molecule has 1 saturated heterocycles. The maximum atomic E-state index is 13.0. The van der Waals surface area contributed by atoms with Crippen LogP contribution in [0, 0.1) is 13.8 Å². The van der Waals surface area contributed by atoms with Crippen molar-refractivity contribution < 1.29 is 17.7 Å². The van der Waals surface area contributed by atoms with Crippen LogP contribution in [-0.2, 0) is 10.0 Å². The first-order valence-electron chi connectivity index (χ1n) is 7.94. The summed E-state index contributed by atoms with van der Waals surface area (Å²) in [5.74, 6) is 0.244. The van der Waals surface area contributed by atoms with Gasteiger partial charge in [-0.15, -0.1) is 0 Å². The zero-order chi connectivity index (χ0) is 17.3. The van der Waals surface area contributed by atoms with Crippen molar-refractivity contribution in [3.05, 3.63) is 47.3 Å². The molecule has 1 aromatic carbocycles. The largest absolute Gasteiger partial charge is 0.360 e. The van der Waals surface area contributed by atoms with Gasteiger partial charge in [-0.2, -0.15) is 4.31 Å². The van der Waals surface area contributed by atoms with Gasteiger partial charge in [0.25, 0.3) is 0 Å². The van der Waals surface area contributed by atoms with Crippen molar-refractivity contribution in [1.29, 1.82) is 0 Å². The van der Waals surface area contributed by atoms with Gasteiger partial charge in [0.1, 0.15) is 10.6 Å². The lowest BCUT2D eigenvalue weighted by Crippen LogP contribution is -2.37. The normalized spacial score (nSPS) is 18.8. The fraction of sp³-hybridized carbons (Fsp3) is 0.412. The van der Waals surface area contributed by atoms with Crippen molar-refractivity contribution >= 4 is 15.8 Å². The van der Waals surface area contributed by atoms with Crippen LogP contribution in [0.1, 0.15) is 41.1 Å². The molecule has 0 saturated carbocycles. The Hall–Kier alpha value is -1.99. The fourth-order valence-corrected chi connectivity index (χ4v) is 5.23. The number of carbonyl (C=O) groups is 1. The van der Waals surface area contributed by atoms with E-state index in [1.54, 1.807) is 38.1 Å². The van der Waals surface area contributed by atoms with E-state index in [9.17, 15) is 13.2 Å². The van der Waals surface area contributed by atoms with Crippen LogP contribution in [-0.4, -0.2) is 36.2 Å². The van der Waals surface area contributed by atoms with Crippen LogP contribution in [0.3, 0.4) is 0 Å². The first-order valence-corrected chi connectivity index (χ1v) is 9.38. The van der Waals surface area contributed by atoms with E-state index in [0.717, 1.165) is 6.42 Å². The topological polar surface area (TPSA) is 80.5 Å². The van der Waals surface area contributed by atoms with Gasteiger partial charge in [-0.05, 0) is 26.7 Å². The van der Waals surface area contributed by atoms with Crippen LogP contribution in [0.25, 0.3) is 0 Å². The summed E-state index contributed by atoms with van der Waals surface area (Å²) in [6.45, 7) is 3.62. The van der Waals surface area contributed by atoms with Crippen molar-refractivity contribution in [3.8, 4) is 0 Å². The number of aromatic nitrogens is 1. The molecule has 0 spiro atoms. The summed E-state index contributed by atoms with van der Waals surface area (Å²) >= 11 is 0. The number of benzene rings is 1. The van der Waals surface area contributed by atoms with E-state index in [2.05, 4.69) is 5.16 Å². The number of hydrogen-bond acceptors (Lipinski definition) is 5. The second kappa shape index (κ2) is 6.49. The van der Waals surface area contributed by atoms with E-state index < -0.39 is 10.0 Å². The summed E-state index contributed by atoms with van der Waals surface area (Å²) in [6.07, 6.45) is 1.61. The van der Waals surface area contributed by atoms with E-state index in [4.69, 9.17) is 4.52 Å². The Labute approximate surface area is 141 Å². The van der Waals surface area contributed by atoms with Crippen LogP contribution in [0.4, 0.5) is 0 Å². The van der Waals surface area contributed by atoms with Gasteiger partial charge < -0.3 is 4.52 Å². The molecule has 128 valence electrons. The van der Waals surface area contributed by atoms with Crippen molar-refractivity contribution in [2.24, 2.45) is 0 Å². The number of hydrogen-bond donors (Lipinski definition) is 0. The van der Waals surface area contributed by atoms with E-state index in [1.165, 1.54) is 4.31 Å². The molecule has 1 unspecified atom stereocenters. The SMILES string of the molecule is Cc1noc(C)c1S(=O)(=O)N1CCCC1CC(=O)c1ccccc1. The second-order valence-corrected chi connectivity index (χ2v) is 7.89. The fourth-order valence-electron chi connectivity index (χ4n) is 3.25. The third-order valence-corrected chi connectivity index (χ3v) is 6.57. The minimum absolute atomic E-state index is 0.0403. The number of carbonyl (C=O) groups excluding carboxylic acids is 1. The van der Waals surface area contributed by atoms with Gasteiger partial charge in [-0.3, -0.25) is 4.79 Å². The monoisotopic (exact) mass is 348 g/mol. The lowest BCUT2D eigenvalue weighted by Gasteiger charge is -2.23. The van der Waals surface area contributed by atoms with Gasteiger partial charge in [-0.1, -0.05) is 35.5 Å². The van der Waals surface area contributed by atoms with Crippen molar-refractivity contribution in [1.82, 2.24) is 9.46 Å². The quantitative estimate of drug-likeness (QED) is 0.776. The molecule has 0 radical (unpaired) electrons. The maximum Gasteiger partial charge on any atom is 0.248 e. The molecule has 2 aromatic rings. The zero-order valence-electron chi connectivity index (χ0n) is 13.7. The number of sulfonamides is 1. The van der Waals surface area contributed by atoms with E-state index >= 15 is 0 Å². The Morgan fingerprint density at radius 2 is 2.00 bits per heavy atom. The predicted octanol–water partition coefficient (Wildman–Crippen LogP) is 2.72. The first kappa shape index (κ1) is 16.9. The standard InChI is InChI=1S/C17H20N2O4S/c1-12-17(13(2)23-18-12)24(21,22)19-10-6-9-15(19)11-16(20)14-7-4-3-5-8-14/h3-5,7-8,15H,6,9-11H2,1-2H3. The third kappa shape index (κ3) is 3.01. The van der Waals surface area contributed by atoms with E-state index in [1.807, 2.05) is 6.07 Å². The zero-order valence-corrected chi connectivity index (χ0v) is 14.5. The van der Waals surface area contributed by atoms with Gasteiger partial charge in [0.05, 0.1) is 0 Å². The molecule has 0 amide bonds. The van der Waals surface area contributed by atoms with Crippen LogP contribution in [0.2, 0.25) is 0 Å². The molecule has 6 nitrogen and oxygen atoms in total. The minimum atomic E-state index is -3.71. The highest BCUT2D eigenvalue weighted by Crippen LogP contribution is 2.31. The molecule has 1 aliphatic rings. The van der Waals surface area contributed by atoms with E-state index in [-0.39, 0.29) is 28.9 Å². The number of ketones is 1. The summed E-state index contributed by atoms with van der Waals surface area (Å²) in [7, 11) is -3.71. The lowest BCUT2D eigenvalue weighted by atomic mass is 10.0. The molecule has 0 bridgehead atoms. The summed E-state index contributed by atoms with van der Waals surface area (Å²) in [6, 6.07) is 8.65. The number of Topliss-reactive ketones (excluding diaryl/α,β-unsaturated/α-hetero) is 1. The smallest absolute Gasteiger partial charge is 0.248 e. The summed E-state index contributed by atoms with van der Waals surface area (Å²) in [5, 5.41) is 3.74. The third-order valence-electron chi connectivity index (χ3n) is 4.37. The van der Waals surface area contributed by atoms with Gasteiger partial charge in [0.2, 0.25) is 10.0 Å². The molecule has 2 heterocycles. The van der Waals surface area contributed by atoms with Crippen LogP contribution in [0.5, 0.6) is 0 Å². The molecule has 1 atom stereocenters. The average Bonchev–Trinajstić information content (AvgIpc) is 3.15. The lowest BCUT2D eigenvalue weighted by molar-refractivity contribution is 0.0961. The Kier molecular flexibility index (Phi) is 4.56. The van der Waals surface area contributed by atoms with Crippen LogP contribution >= 0.6 is 0 Å². The van der Waals surface area contributed by atoms with Gasteiger partial charge in [-0.25, -0.2) is 8.42 Å². The second-order valence-electron chi connectivity index (χ2n) is 6.06. The molecule has 0 N–H and O–H groups in total. The van der Waals surface area contributed by atoms with E-state index in [0.29, 0.717) is 24.2 Å². The molecule has 1 aliphatic heterocycles. The Balaban J connectivity index is 1.85. The van der Waals surface area contributed by atoms with Crippen molar-refractivity contribution in [3.63, 3.8) is 0 Å². The molecule has 0 aliphatic carbocycles. The van der Waals surface area contributed by atoms with Gasteiger partial charge in [0, 0.05) is 24.6 Å². The molecular formula is C17H20N2O4S. The average molecular weight is 348 g/mol. The highest BCUT2D eigenvalue weighted by molar-refractivity contribution is 7.89. The van der Waals surface area contributed by atoms with Crippen molar-refractivity contribution in [2.75, 3.05) is 6.54 Å². The number of aryl methyl sites for hydroxylation is 2. The molecule has 24 heavy (non-hydrogen) atoms.